The Hall–Kier alpha value is -2.67. The smallest absolute Gasteiger partial charge is 0.226 e. The molecule has 1 aliphatic heterocycles. The summed E-state index contributed by atoms with van der Waals surface area (Å²) in [6.45, 7) is 3.74. The van der Waals surface area contributed by atoms with Crippen molar-refractivity contribution in [1.82, 2.24) is 19.7 Å². The number of nitrogens with one attached hydrogen (secondary N) is 1. The van der Waals surface area contributed by atoms with Gasteiger partial charge in [-0.05, 0) is 62.1 Å². The van der Waals surface area contributed by atoms with Crippen LogP contribution >= 0.6 is 0 Å². The minimum absolute atomic E-state index is 0.0212. The number of aromatic nitrogens is 4. The quantitative estimate of drug-likeness (QED) is 0.650. The SMILES string of the molecule is CC1CCC(Nc2ncc(-c3ccc4nn(C)cc4c3)c(O[C@@H]3CCCOC3)n2)CC1. The predicted octanol–water partition coefficient (Wildman–Crippen LogP) is 4.58. The van der Waals surface area contributed by atoms with Crippen molar-refractivity contribution >= 4 is 16.9 Å². The number of rotatable bonds is 5. The first-order valence-corrected chi connectivity index (χ1v) is 11.5. The highest BCUT2D eigenvalue weighted by Gasteiger charge is 2.22. The van der Waals surface area contributed by atoms with E-state index in [1.165, 1.54) is 12.8 Å². The Kier molecular flexibility index (Phi) is 5.76. The van der Waals surface area contributed by atoms with E-state index in [1.54, 1.807) is 0 Å². The van der Waals surface area contributed by atoms with Crippen molar-refractivity contribution in [2.24, 2.45) is 13.0 Å². The summed E-state index contributed by atoms with van der Waals surface area (Å²) in [7, 11) is 1.94. The summed E-state index contributed by atoms with van der Waals surface area (Å²) >= 11 is 0. The number of ether oxygens (including phenoxy) is 2. The van der Waals surface area contributed by atoms with Crippen LogP contribution in [0, 0.1) is 5.92 Å². The maximum atomic E-state index is 6.37. The Morgan fingerprint density at radius 3 is 2.84 bits per heavy atom. The number of fused-ring (bicyclic) bond motifs is 1. The number of anilines is 1. The Balaban J connectivity index is 1.44. The zero-order chi connectivity index (χ0) is 21.2. The Bertz CT molecular complexity index is 1040. The summed E-state index contributed by atoms with van der Waals surface area (Å²) in [6.07, 6.45) is 10.8. The summed E-state index contributed by atoms with van der Waals surface area (Å²) in [5.74, 6) is 2.09. The summed E-state index contributed by atoms with van der Waals surface area (Å²) in [5.41, 5.74) is 2.91. The molecule has 0 radical (unpaired) electrons. The van der Waals surface area contributed by atoms with Gasteiger partial charge < -0.3 is 14.8 Å². The van der Waals surface area contributed by atoms with E-state index < -0.39 is 0 Å². The van der Waals surface area contributed by atoms with Crippen LogP contribution in [0.2, 0.25) is 0 Å². The van der Waals surface area contributed by atoms with Crippen LogP contribution < -0.4 is 10.1 Å². The second kappa shape index (κ2) is 8.83. The number of benzene rings is 1. The molecule has 1 N–H and O–H groups in total. The molecule has 3 heterocycles. The Morgan fingerprint density at radius 1 is 1.16 bits per heavy atom. The first kappa shape index (κ1) is 20.2. The molecule has 2 aromatic heterocycles. The van der Waals surface area contributed by atoms with E-state index in [-0.39, 0.29) is 6.10 Å². The van der Waals surface area contributed by atoms with E-state index in [2.05, 4.69) is 34.5 Å². The largest absolute Gasteiger partial charge is 0.471 e. The number of hydrogen-bond donors (Lipinski definition) is 1. The van der Waals surface area contributed by atoms with Crippen LogP contribution in [0.4, 0.5) is 5.95 Å². The van der Waals surface area contributed by atoms with Crippen LogP contribution in [-0.4, -0.2) is 45.1 Å². The Labute approximate surface area is 183 Å². The third kappa shape index (κ3) is 4.66. The first-order valence-electron chi connectivity index (χ1n) is 11.5. The summed E-state index contributed by atoms with van der Waals surface area (Å²) in [5, 5.41) is 9.11. The summed E-state index contributed by atoms with van der Waals surface area (Å²) < 4.78 is 13.8. The van der Waals surface area contributed by atoms with E-state index >= 15 is 0 Å². The molecule has 0 amide bonds. The molecular weight excluding hydrogens is 390 g/mol. The third-order valence-corrected chi connectivity index (χ3v) is 6.43. The van der Waals surface area contributed by atoms with Crippen molar-refractivity contribution in [3.63, 3.8) is 0 Å². The molecular formula is C24H31N5O2. The maximum Gasteiger partial charge on any atom is 0.226 e. The lowest BCUT2D eigenvalue weighted by Gasteiger charge is -2.27. The van der Waals surface area contributed by atoms with Gasteiger partial charge >= 0.3 is 0 Å². The average Bonchev–Trinajstić information content (AvgIpc) is 3.15. The van der Waals surface area contributed by atoms with Gasteiger partial charge in [-0.3, -0.25) is 4.68 Å². The van der Waals surface area contributed by atoms with Crippen LogP contribution in [0.3, 0.4) is 0 Å². The molecule has 5 rings (SSSR count). The average molecular weight is 422 g/mol. The second-order valence-corrected chi connectivity index (χ2v) is 9.05. The van der Waals surface area contributed by atoms with Gasteiger partial charge in [0.1, 0.15) is 6.10 Å². The highest BCUT2D eigenvalue weighted by atomic mass is 16.5. The number of aryl methyl sites for hydroxylation is 1. The number of nitrogens with zero attached hydrogens (tertiary/aromatic N) is 4. The van der Waals surface area contributed by atoms with E-state index in [9.17, 15) is 0 Å². The molecule has 7 heteroatoms. The molecule has 1 saturated carbocycles. The van der Waals surface area contributed by atoms with Crippen molar-refractivity contribution in [1.29, 1.82) is 0 Å². The molecule has 7 nitrogen and oxygen atoms in total. The number of hydrogen-bond acceptors (Lipinski definition) is 6. The Morgan fingerprint density at radius 2 is 2.03 bits per heavy atom. The molecule has 164 valence electrons. The lowest BCUT2D eigenvalue weighted by atomic mass is 9.87. The maximum absolute atomic E-state index is 6.37. The normalized spacial score (nSPS) is 24.3. The first-order chi connectivity index (χ1) is 15.1. The van der Waals surface area contributed by atoms with Gasteiger partial charge in [-0.15, -0.1) is 0 Å². The van der Waals surface area contributed by atoms with Crippen molar-refractivity contribution in [3.8, 4) is 17.0 Å². The fourth-order valence-electron chi connectivity index (χ4n) is 4.59. The zero-order valence-corrected chi connectivity index (χ0v) is 18.4. The van der Waals surface area contributed by atoms with Gasteiger partial charge in [-0.25, -0.2) is 4.98 Å². The topological polar surface area (TPSA) is 74.1 Å². The van der Waals surface area contributed by atoms with Crippen LogP contribution in [-0.2, 0) is 11.8 Å². The minimum Gasteiger partial charge on any atom is -0.471 e. The molecule has 3 aromatic rings. The van der Waals surface area contributed by atoms with Crippen LogP contribution in [0.1, 0.15) is 45.4 Å². The molecule has 1 saturated heterocycles. The van der Waals surface area contributed by atoms with Gasteiger partial charge in [0.25, 0.3) is 0 Å². The molecule has 0 spiro atoms. The van der Waals surface area contributed by atoms with E-state index in [1.807, 2.05) is 30.2 Å². The lowest BCUT2D eigenvalue weighted by Crippen LogP contribution is -2.29. The van der Waals surface area contributed by atoms with Crippen molar-refractivity contribution < 1.29 is 9.47 Å². The minimum atomic E-state index is 0.0212. The van der Waals surface area contributed by atoms with Gasteiger partial charge in [0.05, 0.1) is 17.7 Å². The highest BCUT2D eigenvalue weighted by Crippen LogP contribution is 2.33. The zero-order valence-electron chi connectivity index (χ0n) is 18.4. The summed E-state index contributed by atoms with van der Waals surface area (Å²) in [4.78, 5) is 9.47. The molecule has 2 aliphatic rings. The van der Waals surface area contributed by atoms with Crippen LogP contribution in [0.25, 0.3) is 22.0 Å². The van der Waals surface area contributed by atoms with Crippen molar-refractivity contribution in [3.05, 3.63) is 30.6 Å². The van der Waals surface area contributed by atoms with Crippen molar-refractivity contribution in [2.75, 3.05) is 18.5 Å². The fraction of sp³-hybridized carbons (Fsp3) is 0.542. The van der Waals surface area contributed by atoms with E-state index in [0.717, 1.165) is 60.2 Å². The van der Waals surface area contributed by atoms with Gasteiger partial charge in [0.15, 0.2) is 0 Å². The monoisotopic (exact) mass is 421 g/mol. The molecule has 31 heavy (non-hydrogen) atoms. The molecule has 0 bridgehead atoms. The van der Waals surface area contributed by atoms with E-state index in [4.69, 9.17) is 14.5 Å². The predicted molar refractivity (Wildman–Crippen MR) is 121 cm³/mol. The molecule has 2 fully saturated rings. The molecule has 0 unspecified atom stereocenters. The molecule has 1 aromatic carbocycles. The fourth-order valence-corrected chi connectivity index (χ4v) is 4.59. The lowest BCUT2D eigenvalue weighted by molar-refractivity contribution is 0.00578. The standard InChI is InChI=1S/C24H31N5O2/c1-16-5-8-19(9-6-16)26-24-25-13-21(23(27-24)31-20-4-3-11-30-15-20)17-7-10-22-18(12-17)14-29(2)28-22/h7,10,12-14,16,19-20H,3-6,8-9,11,15H2,1-2H3,(H,25,26,27)/t16?,19?,20-/m1/s1. The van der Waals surface area contributed by atoms with Gasteiger partial charge in [-0.1, -0.05) is 13.0 Å². The molecule has 1 aliphatic carbocycles. The molecule has 1 atom stereocenters. The third-order valence-electron chi connectivity index (χ3n) is 6.43. The summed E-state index contributed by atoms with van der Waals surface area (Å²) in [6, 6.07) is 6.65. The van der Waals surface area contributed by atoms with Gasteiger partial charge in [-0.2, -0.15) is 10.1 Å². The van der Waals surface area contributed by atoms with Gasteiger partial charge in [0.2, 0.25) is 11.8 Å². The van der Waals surface area contributed by atoms with Crippen LogP contribution in [0.15, 0.2) is 30.6 Å². The highest BCUT2D eigenvalue weighted by molar-refractivity contribution is 5.85. The van der Waals surface area contributed by atoms with Crippen LogP contribution in [0.5, 0.6) is 5.88 Å². The second-order valence-electron chi connectivity index (χ2n) is 9.05. The van der Waals surface area contributed by atoms with Crippen molar-refractivity contribution in [2.45, 2.75) is 57.6 Å². The van der Waals surface area contributed by atoms with E-state index in [0.29, 0.717) is 24.5 Å². The van der Waals surface area contributed by atoms with Gasteiger partial charge in [0, 0.05) is 37.5 Å².